The third-order valence-corrected chi connectivity index (χ3v) is 4.23. The zero-order valence-corrected chi connectivity index (χ0v) is 14.7. The average molecular weight is 350 g/mol. The van der Waals surface area contributed by atoms with Gasteiger partial charge in [0.05, 0.1) is 5.39 Å². The van der Waals surface area contributed by atoms with E-state index in [1.165, 1.54) is 7.05 Å². The molecule has 0 aliphatic rings. The predicted octanol–water partition coefficient (Wildman–Crippen LogP) is 1.85. The van der Waals surface area contributed by atoms with Crippen molar-refractivity contribution in [1.29, 1.82) is 0 Å². The van der Waals surface area contributed by atoms with Crippen LogP contribution in [-0.4, -0.2) is 28.6 Å². The summed E-state index contributed by atoms with van der Waals surface area (Å²) < 4.78 is 1.14. The van der Waals surface area contributed by atoms with Gasteiger partial charge in [0, 0.05) is 30.7 Å². The first kappa shape index (κ1) is 17.3. The Morgan fingerprint density at radius 2 is 1.69 bits per heavy atom. The number of amides is 2. The molecule has 0 spiro atoms. The van der Waals surface area contributed by atoms with Crippen LogP contribution < -0.4 is 16.2 Å². The number of aryl methyl sites for hydroxylation is 1. The standard InChI is InChI=1S/C19H18N4O3/c1-11-12(17(24)20-2)9-6-10-15(11)21-18(25)16-13-7-4-5-8-14(13)19(26)23(3)22-16/h4-10H,1-3H3,(H,20,24)(H,21,25). The fourth-order valence-electron chi connectivity index (χ4n) is 2.80. The maximum atomic E-state index is 12.8. The third kappa shape index (κ3) is 2.95. The number of nitrogens with zero attached hydrogens (tertiary/aromatic N) is 2. The highest BCUT2D eigenvalue weighted by atomic mass is 16.2. The van der Waals surface area contributed by atoms with Gasteiger partial charge in [0.1, 0.15) is 0 Å². The molecule has 0 saturated carbocycles. The van der Waals surface area contributed by atoms with E-state index in [1.807, 2.05) is 0 Å². The number of rotatable bonds is 3. The fraction of sp³-hybridized carbons (Fsp3) is 0.158. The number of benzene rings is 2. The number of fused-ring (bicyclic) bond motifs is 1. The van der Waals surface area contributed by atoms with E-state index in [1.54, 1.807) is 56.4 Å². The normalized spacial score (nSPS) is 10.6. The van der Waals surface area contributed by atoms with Crippen LogP contribution in [0.5, 0.6) is 0 Å². The highest BCUT2D eigenvalue weighted by Crippen LogP contribution is 2.21. The van der Waals surface area contributed by atoms with Crippen LogP contribution in [-0.2, 0) is 7.05 Å². The SMILES string of the molecule is CNC(=O)c1cccc(NC(=O)c2nn(C)c(=O)c3ccccc23)c1C. The summed E-state index contributed by atoms with van der Waals surface area (Å²) in [5.74, 6) is -0.682. The largest absolute Gasteiger partial charge is 0.355 e. The van der Waals surface area contributed by atoms with Crippen molar-refractivity contribution in [2.45, 2.75) is 6.92 Å². The molecule has 26 heavy (non-hydrogen) atoms. The molecule has 1 aromatic heterocycles. The van der Waals surface area contributed by atoms with E-state index < -0.39 is 5.91 Å². The van der Waals surface area contributed by atoms with Crippen LogP contribution in [0.1, 0.15) is 26.4 Å². The summed E-state index contributed by atoms with van der Waals surface area (Å²) in [5.41, 5.74) is 1.51. The fourth-order valence-corrected chi connectivity index (χ4v) is 2.80. The van der Waals surface area contributed by atoms with Gasteiger partial charge in [0.25, 0.3) is 17.4 Å². The first-order valence-corrected chi connectivity index (χ1v) is 8.03. The van der Waals surface area contributed by atoms with E-state index in [-0.39, 0.29) is 17.2 Å². The van der Waals surface area contributed by atoms with Gasteiger partial charge in [-0.05, 0) is 30.7 Å². The van der Waals surface area contributed by atoms with Crippen molar-refractivity contribution in [3.8, 4) is 0 Å². The molecule has 1 heterocycles. The minimum Gasteiger partial charge on any atom is -0.355 e. The Hall–Kier alpha value is -3.48. The monoisotopic (exact) mass is 350 g/mol. The molecule has 7 nitrogen and oxygen atoms in total. The second kappa shape index (κ2) is 6.79. The van der Waals surface area contributed by atoms with Crippen molar-refractivity contribution in [3.05, 3.63) is 69.6 Å². The minimum absolute atomic E-state index is 0.146. The van der Waals surface area contributed by atoms with Crippen LogP contribution in [0, 0.1) is 6.92 Å². The molecule has 0 bridgehead atoms. The van der Waals surface area contributed by atoms with E-state index in [9.17, 15) is 14.4 Å². The summed E-state index contributed by atoms with van der Waals surface area (Å²) >= 11 is 0. The quantitative estimate of drug-likeness (QED) is 0.754. The zero-order valence-electron chi connectivity index (χ0n) is 14.7. The van der Waals surface area contributed by atoms with Gasteiger partial charge in [-0.25, -0.2) is 4.68 Å². The first-order chi connectivity index (χ1) is 12.4. The van der Waals surface area contributed by atoms with Crippen molar-refractivity contribution >= 4 is 28.3 Å². The molecule has 0 saturated heterocycles. The summed E-state index contributed by atoms with van der Waals surface area (Å²) in [5, 5.41) is 10.4. The van der Waals surface area contributed by atoms with Gasteiger partial charge in [-0.1, -0.05) is 24.3 Å². The van der Waals surface area contributed by atoms with Crippen LogP contribution in [0.25, 0.3) is 10.8 Å². The molecular weight excluding hydrogens is 332 g/mol. The maximum Gasteiger partial charge on any atom is 0.276 e. The van der Waals surface area contributed by atoms with Crippen LogP contribution in [0.3, 0.4) is 0 Å². The molecular formula is C19H18N4O3. The molecule has 0 aliphatic heterocycles. The first-order valence-electron chi connectivity index (χ1n) is 8.03. The Morgan fingerprint density at radius 1 is 1.00 bits per heavy atom. The van der Waals surface area contributed by atoms with Crippen molar-refractivity contribution in [3.63, 3.8) is 0 Å². The lowest BCUT2D eigenvalue weighted by Gasteiger charge is -2.13. The zero-order chi connectivity index (χ0) is 18.8. The van der Waals surface area contributed by atoms with Gasteiger partial charge >= 0.3 is 0 Å². The molecule has 2 amide bonds. The van der Waals surface area contributed by atoms with E-state index >= 15 is 0 Å². The molecule has 0 radical (unpaired) electrons. The maximum absolute atomic E-state index is 12.8. The Kier molecular flexibility index (Phi) is 4.53. The highest BCUT2D eigenvalue weighted by molar-refractivity contribution is 6.11. The number of hydrogen-bond acceptors (Lipinski definition) is 4. The highest BCUT2D eigenvalue weighted by Gasteiger charge is 2.18. The van der Waals surface area contributed by atoms with Crippen LogP contribution >= 0.6 is 0 Å². The van der Waals surface area contributed by atoms with E-state index in [0.29, 0.717) is 27.6 Å². The Bertz CT molecular complexity index is 1090. The van der Waals surface area contributed by atoms with Gasteiger partial charge in [0.15, 0.2) is 5.69 Å². The van der Waals surface area contributed by atoms with E-state index in [4.69, 9.17) is 0 Å². The lowest BCUT2D eigenvalue weighted by molar-refractivity contribution is 0.0960. The molecule has 0 aliphatic carbocycles. The number of aromatic nitrogens is 2. The van der Waals surface area contributed by atoms with Gasteiger partial charge < -0.3 is 10.6 Å². The molecule has 2 N–H and O–H groups in total. The summed E-state index contributed by atoms with van der Waals surface area (Å²) in [4.78, 5) is 36.9. The molecule has 132 valence electrons. The molecule has 0 unspecified atom stereocenters. The number of carbonyl (C=O) groups is 2. The molecule has 0 fully saturated rings. The summed E-state index contributed by atoms with van der Waals surface area (Å²) in [6.45, 7) is 1.76. The molecule has 7 heteroatoms. The second-order valence-corrected chi connectivity index (χ2v) is 5.83. The Morgan fingerprint density at radius 3 is 2.38 bits per heavy atom. The smallest absolute Gasteiger partial charge is 0.276 e. The van der Waals surface area contributed by atoms with Crippen molar-refractivity contribution in [2.24, 2.45) is 7.05 Å². The van der Waals surface area contributed by atoms with Crippen LogP contribution in [0.15, 0.2) is 47.3 Å². The summed E-state index contributed by atoms with van der Waals surface area (Å²) in [6.07, 6.45) is 0. The third-order valence-electron chi connectivity index (χ3n) is 4.23. The van der Waals surface area contributed by atoms with Gasteiger partial charge in [0.2, 0.25) is 0 Å². The predicted molar refractivity (Wildman–Crippen MR) is 99.5 cm³/mol. The van der Waals surface area contributed by atoms with Gasteiger partial charge in [-0.15, -0.1) is 0 Å². The van der Waals surface area contributed by atoms with E-state index in [2.05, 4.69) is 15.7 Å². The molecule has 2 aromatic carbocycles. The lowest BCUT2D eigenvalue weighted by Crippen LogP contribution is -2.26. The number of nitrogens with one attached hydrogen (secondary N) is 2. The van der Waals surface area contributed by atoms with Crippen molar-refractivity contribution in [1.82, 2.24) is 15.1 Å². The minimum atomic E-state index is -0.450. The number of anilines is 1. The Labute approximate surface area is 149 Å². The van der Waals surface area contributed by atoms with Gasteiger partial charge in [-0.3, -0.25) is 14.4 Å². The van der Waals surface area contributed by atoms with Crippen LogP contribution in [0.2, 0.25) is 0 Å². The molecule has 0 atom stereocenters. The molecule has 3 aromatic rings. The number of carbonyl (C=O) groups excluding carboxylic acids is 2. The Balaban J connectivity index is 2.05. The topological polar surface area (TPSA) is 93.1 Å². The van der Waals surface area contributed by atoms with Crippen molar-refractivity contribution < 1.29 is 9.59 Å². The average Bonchev–Trinajstić information content (AvgIpc) is 2.65. The summed E-state index contributed by atoms with van der Waals surface area (Å²) in [7, 11) is 3.05. The molecule has 3 rings (SSSR count). The van der Waals surface area contributed by atoms with Crippen molar-refractivity contribution in [2.75, 3.05) is 12.4 Å². The van der Waals surface area contributed by atoms with Gasteiger partial charge in [-0.2, -0.15) is 5.10 Å². The van der Waals surface area contributed by atoms with E-state index in [0.717, 1.165) is 4.68 Å². The van der Waals surface area contributed by atoms with Crippen LogP contribution in [0.4, 0.5) is 5.69 Å². The number of hydrogen-bond donors (Lipinski definition) is 2. The second-order valence-electron chi connectivity index (χ2n) is 5.83. The lowest BCUT2D eigenvalue weighted by atomic mass is 10.1. The summed E-state index contributed by atoms with van der Waals surface area (Å²) in [6, 6.07) is 11.9.